The van der Waals surface area contributed by atoms with E-state index in [-0.39, 0.29) is 12.2 Å². The molecule has 0 amide bonds. The zero-order valence-corrected chi connectivity index (χ0v) is 15.8. The smallest absolute Gasteiger partial charge is 0.348 e. The van der Waals surface area contributed by atoms with Crippen molar-refractivity contribution in [2.75, 3.05) is 0 Å². The minimum Gasteiger partial charge on any atom is -0.478 e. The molecule has 0 saturated carbocycles. The lowest BCUT2D eigenvalue weighted by atomic mass is 10.1. The number of fused-ring (bicyclic) bond motifs is 4. The number of nitrogens with one attached hydrogen (secondary N) is 1. The van der Waals surface area contributed by atoms with Gasteiger partial charge in [-0.1, -0.05) is 11.6 Å². The Morgan fingerprint density at radius 2 is 2.30 bits per heavy atom. The van der Waals surface area contributed by atoms with E-state index in [2.05, 4.69) is 9.97 Å². The molecule has 1 aliphatic heterocycles. The van der Waals surface area contributed by atoms with Crippen molar-refractivity contribution < 1.29 is 14.3 Å². The number of hydrogen-bond acceptors (Lipinski definition) is 6. The zero-order chi connectivity index (χ0) is 18.5. The van der Waals surface area contributed by atoms with Crippen molar-refractivity contribution in [1.82, 2.24) is 9.97 Å². The average Bonchev–Trinajstić information content (AvgIpc) is 3.32. The molecular weight excluding hydrogens is 388 g/mol. The number of aromatic nitrogens is 2. The van der Waals surface area contributed by atoms with Gasteiger partial charge in [0.1, 0.15) is 23.0 Å². The number of H-pyrrole nitrogens is 1. The van der Waals surface area contributed by atoms with Crippen molar-refractivity contribution in [3.8, 4) is 5.75 Å². The van der Waals surface area contributed by atoms with Crippen LogP contribution in [0.1, 0.15) is 28.2 Å². The number of ether oxygens (including phenoxy) is 2. The van der Waals surface area contributed by atoms with Crippen LogP contribution < -0.4 is 10.3 Å². The third kappa shape index (κ3) is 2.91. The maximum atomic E-state index is 12.4. The van der Waals surface area contributed by atoms with E-state index in [0.29, 0.717) is 33.2 Å². The van der Waals surface area contributed by atoms with Gasteiger partial charge < -0.3 is 14.5 Å². The molecule has 2 aromatic heterocycles. The van der Waals surface area contributed by atoms with Crippen LogP contribution in [0.15, 0.2) is 23.0 Å². The molecule has 1 N–H and O–H groups in total. The summed E-state index contributed by atoms with van der Waals surface area (Å²) in [6.45, 7) is -0.0937. The quantitative estimate of drug-likeness (QED) is 0.680. The number of nitrogens with zero attached hydrogens (tertiary/aromatic N) is 1. The summed E-state index contributed by atoms with van der Waals surface area (Å²) >= 11 is 7.53. The average molecular weight is 403 g/mol. The molecule has 27 heavy (non-hydrogen) atoms. The van der Waals surface area contributed by atoms with Crippen LogP contribution in [0.25, 0.3) is 10.2 Å². The molecule has 138 valence electrons. The van der Waals surface area contributed by atoms with E-state index < -0.39 is 12.1 Å². The zero-order valence-electron chi connectivity index (χ0n) is 14.2. The molecule has 8 heteroatoms. The van der Waals surface area contributed by atoms with Crippen LogP contribution >= 0.6 is 22.9 Å². The van der Waals surface area contributed by atoms with E-state index in [1.807, 2.05) is 0 Å². The van der Waals surface area contributed by atoms with Crippen LogP contribution in [0.5, 0.6) is 5.75 Å². The minimum atomic E-state index is -0.709. The molecule has 1 aliphatic carbocycles. The Hall–Kier alpha value is -2.38. The lowest BCUT2D eigenvalue weighted by Gasteiger charge is -2.10. The van der Waals surface area contributed by atoms with E-state index >= 15 is 0 Å². The van der Waals surface area contributed by atoms with Crippen LogP contribution in [0.2, 0.25) is 5.02 Å². The van der Waals surface area contributed by atoms with Gasteiger partial charge in [-0.15, -0.1) is 11.3 Å². The topological polar surface area (TPSA) is 81.3 Å². The first kappa shape index (κ1) is 16.8. The highest BCUT2D eigenvalue weighted by molar-refractivity contribution is 7.18. The fraction of sp³-hybridized carbons (Fsp3) is 0.316. The highest BCUT2D eigenvalue weighted by Crippen LogP contribution is 2.34. The standard InChI is InChI=1S/C19H15ClN2O4S/c20-10-4-5-12-9(6-10)7-13(26-12)19(24)25-8-15-21-17(23)16-11-2-1-3-14(11)27-18(16)22-15/h4-6,13H,1-3,7-8H2,(H,21,22,23). The van der Waals surface area contributed by atoms with Crippen LogP contribution in [0, 0.1) is 0 Å². The summed E-state index contributed by atoms with van der Waals surface area (Å²) < 4.78 is 11.0. The second kappa shape index (κ2) is 6.35. The maximum Gasteiger partial charge on any atom is 0.348 e. The Morgan fingerprint density at radius 3 is 3.19 bits per heavy atom. The van der Waals surface area contributed by atoms with Crippen molar-refractivity contribution in [3.63, 3.8) is 0 Å². The Morgan fingerprint density at radius 1 is 1.41 bits per heavy atom. The number of carbonyl (C=O) groups is 1. The molecule has 0 spiro atoms. The van der Waals surface area contributed by atoms with Gasteiger partial charge in [0.2, 0.25) is 0 Å². The van der Waals surface area contributed by atoms with Gasteiger partial charge in [-0.25, -0.2) is 9.78 Å². The van der Waals surface area contributed by atoms with Gasteiger partial charge >= 0.3 is 5.97 Å². The summed E-state index contributed by atoms with van der Waals surface area (Å²) in [4.78, 5) is 33.9. The van der Waals surface area contributed by atoms with Crippen LogP contribution in [-0.4, -0.2) is 22.0 Å². The van der Waals surface area contributed by atoms with E-state index in [1.165, 1.54) is 4.88 Å². The third-order valence-corrected chi connectivity index (χ3v) is 6.36. The maximum absolute atomic E-state index is 12.4. The predicted molar refractivity (Wildman–Crippen MR) is 102 cm³/mol. The molecule has 0 radical (unpaired) electrons. The number of thiophene rings is 1. The lowest BCUT2D eigenvalue weighted by Crippen LogP contribution is -2.28. The number of esters is 1. The molecule has 0 bridgehead atoms. The predicted octanol–water partition coefficient (Wildman–Crippen LogP) is 3.17. The first-order valence-electron chi connectivity index (χ1n) is 8.73. The second-order valence-corrected chi connectivity index (χ2v) is 8.24. The fourth-order valence-electron chi connectivity index (χ4n) is 3.70. The van der Waals surface area contributed by atoms with Gasteiger partial charge in [-0.3, -0.25) is 4.79 Å². The van der Waals surface area contributed by atoms with Gasteiger partial charge in [0, 0.05) is 16.3 Å². The first-order valence-corrected chi connectivity index (χ1v) is 9.93. The van der Waals surface area contributed by atoms with Crippen LogP contribution in [-0.2, 0) is 35.4 Å². The number of hydrogen-bond donors (Lipinski definition) is 1. The highest BCUT2D eigenvalue weighted by atomic mass is 35.5. The molecule has 0 fully saturated rings. The molecule has 0 saturated heterocycles. The van der Waals surface area contributed by atoms with E-state index in [4.69, 9.17) is 21.1 Å². The molecule has 6 nitrogen and oxygen atoms in total. The molecule has 5 rings (SSSR count). The summed E-state index contributed by atoms with van der Waals surface area (Å²) in [6.07, 6.45) is 2.72. The van der Waals surface area contributed by atoms with Crippen molar-refractivity contribution in [1.29, 1.82) is 0 Å². The summed E-state index contributed by atoms with van der Waals surface area (Å²) in [7, 11) is 0. The van der Waals surface area contributed by atoms with Crippen LogP contribution in [0.4, 0.5) is 0 Å². The van der Waals surface area contributed by atoms with E-state index in [1.54, 1.807) is 29.5 Å². The van der Waals surface area contributed by atoms with E-state index in [0.717, 1.165) is 30.4 Å². The van der Waals surface area contributed by atoms with Gasteiger partial charge in [-0.2, -0.15) is 0 Å². The van der Waals surface area contributed by atoms with Crippen molar-refractivity contribution in [3.05, 3.63) is 55.4 Å². The van der Waals surface area contributed by atoms with Crippen LogP contribution in [0.3, 0.4) is 0 Å². The summed E-state index contributed by atoms with van der Waals surface area (Å²) in [5.74, 6) is 0.500. The van der Waals surface area contributed by atoms with Gasteiger partial charge in [0.15, 0.2) is 6.10 Å². The summed E-state index contributed by atoms with van der Waals surface area (Å²) in [5, 5.41) is 1.29. The Labute approximate surface area is 163 Å². The van der Waals surface area contributed by atoms with E-state index in [9.17, 15) is 9.59 Å². The normalized spacial score (nSPS) is 17.6. The Balaban J connectivity index is 1.30. The number of rotatable bonds is 3. The minimum absolute atomic E-state index is 0.0937. The van der Waals surface area contributed by atoms with Gasteiger partial charge in [0.05, 0.1) is 5.39 Å². The van der Waals surface area contributed by atoms with Gasteiger partial charge in [-0.05, 0) is 48.6 Å². The molecule has 3 heterocycles. The van der Waals surface area contributed by atoms with Crippen molar-refractivity contribution >= 4 is 39.1 Å². The number of benzene rings is 1. The first-order chi connectivity index (χ1) is 13.1. The molecule has 1 atom stereocenters. The highest BCUT2D eigenvalue weighted by Gasteiger charge is 2.31. The number of aryl methyl sites for hydroxylation is 2. The largest absolute Gasteiger partial charge is 0.478 e. The van der Waals surface area contributed by atoms with Gasteiger partial charge in [0.25, 0.3) is 5.56 Å². The molecular formula is C19H15ClN2O4S. The molecule has 1 unspecified atom stereocenters. The summed E-state index contributed by atoms with van der Waals surface area (Å²) in [5.41, 5.74) is 1.85. The SMILES string of the molecule is O=C(OCc1nc2sc3c(c2c(=O)[nH]1)CCC3)C1Cc2cc(Cl)ccc2O1. The Bertz CT molecular complexity index is 1140. The monoisotopic (exact) mass is 402 g/mol. The Kier molecular flexibility index (Phi) is 3.94. The number of aromatic amines is 1. The molecule has 3 aromatic rings. The van der Waals surface area contributed by atoms with Crippen molar-refractivity contribution in [2.24, 2.45) is 0 Å². The van der Waals surface area contributed by atoms with Crippen molar-refractivity contribution in [2.45, 2.75) is 38.4 Å². The fourth-order valence-corrected chi connectivity index (χ4v) is 5.17. The summed E-state index contributed by atoms with van der Waals surface area (Å²) in [6, 6.07) is 5.25. The second-order valence-electron chi connectivity index (χ2n) is 6.72. The lowest BCUT2D eigenvalue weighted by molar-refractivity contribution is -0.152. The third-order valence-electron chi connectivity index (χ3n) is 4.94. The molecule has 2 aliphatic rings. The molecule has 1 aromatic carbocycles. The number of halogens is 1. The number of carbonyl (C=O) groups excluding carboxylic acids is 1.